The molecule has 1 saturated heterocycles. The van der Waals surface area contributed by atoms with E-state index in [1.165, 1.54) is 42.5 Å². The Bertz CT molecular complexity index is 1830. The number of aromatic nitrogens is 4. The number of nitrogens with zero attached hydrogens (tertiary/aromatic N) is 5. The first-order valence-electron chi connectivity index (χ1n) is 18.2. The van der Waals surface area contributed by atoms with Gasteiger partial charge in [0.05, 0.1) is 12.5 Å². The van der Waals surface area contributed by atoms with Crippen molar-refractivity contribution in [1.29, 1.82) is 0 Å². The zero-order chi connectivity index (χ0) is 42.1. The number of amides is 2. The van der Waals surface area contributed by atoms with Crippen LogP contribution in [-0.2, 0) is 53.4 Å². The van der Waals surface area contributed by atoms with Crippen LogP contribution in [0.1, 0.15) is 68.3 Å². The summed E-state index contributed by atoms with van der Waals surface area (Å²) >= 11 is 0. The van der Waals surface area contributed by atoms with Gasteiger partial charge in [0.25, 0.3) is 5.97 Å². The van der Waals surface area contributed by atoms with E-state index in [1.807, 2.05) is 0 Å². The second-order valence-corrected chi connectivity index (χ2v) is 14.5. The van der Waals surface area contributed by atoms with E-state index in [0.717, 1.165) is 30.1 Å². The average molecular weight is 859 g/mol. The van der Waals surface area contributed by atoms with Gasteiger partial charge in [-0.05, 0) is 48.6 Å². The number of hydrogen-bond donors (Lipinski definition) is 6. The summed E-state index contributed by atoms with van der Waals surface area (Å²) in [6, 6.07) is 12.7. The van der Waals surface area contributed by atoms with Crippen LogP contribution in [0.4, 0.5) is 13.6 Å². The molecule has 19 nitrogen and oxygen atoms in total. The van der Waals surface area contributed by atoms with Crippen LogP contribution in [0, 0.1) is 0 Å². The van der Waals surface area contributed by atoms with Gasteiger partial charge in [-0.15, -0.1) is 15.0 Å². The van der Waals surface area contributed by atoms with E-state index in [-0.39, 0.29) is 49.4 Å². The van der Waals surface area contributed by atoms with Crippen molar-refractivity contribution >= 4 is 34.8 Å². The van der Waals surface area contributed by atoms with Gasteiger partial charge in [-0.2, -0.15) is 8.78 Å². The second-order valence-electron chi connectivity index (χ2n) is 13.1. The number of alkyl halides is 2. The Morgan fingerprint density at radius 3 is 2.50 bits per heavy atom. The maximum atomic E-state index is 14.7. The van der Waals surface area contributed by atoms with E-state index >= 15 is 0 Å². The number of halogens is 2. The molecule has 318 valence electrons. The number of likely N-dealkylation sites (tertiary alicyclic amines) is 1. The summed E-state index contributed by atoms with van der Waals surface area (Å²) < 4.78 is 59.2. The van der Waals surface area contributed by atoms with Gasteiger partial charge in [0, 0.05) is 37.9 Å². The molecule has 2 aromatic carbocycles. The molecule has 2 unspecified atom stereocenters. The predicted molar refractivity (Wildman–Crippen MR) is 199 cm³/mol. The van der Waals surface area contributed by atoms with E-state index in [0.29, 0.717) is 43.6 Å². The smallest absolute Gasteiger partial charge is 0.412 e. The fourth-order valence-corrected chi connectivity index (χ4v) is 6.70. The number of carbonyl (C=O) groups is 3. The quantitative estimate of drug-likeness (QED) is 0.0248. The minimum absolute atomic E-state index is 0.0513. The average Bonchev–Trinajstić information content (AvgIpc) is 3.78. The lowest BCUT2D eigenvalue weighted by Gasteiger charge is -2.26. The van der Waals surface area contributed by atoms with Gasteiger partial charge in [-0.25, -0.2) is 4.79 Å². The Balaban J connectivity index is 1.08. The topological polar surface area (TPSA) is 265 Å². The maximum Gasteiger partial charge on any atom is 0.412 e. The minimum atomic E-state index is -3.68. The van der Waals surface area contributed by atoms with E-state index < -0.39 is 53.3 Å². The van der Waals surface area contributed by atoms with E-state index in [1.54, 1.807) is 23.1 Å². The number of aliphatic hydroxyl groups is 2. The van der Waals surface area contributed by atoms with Crippen LogP contribution >= 0.6 is 16.9 Å². The Kier molecular flexibility index (Phi) is 18.2. The molecule has 58 heavy (non-hydrogen) atoms. The molecule has 0 saturated carbocycles. The first-order valence-corrected chi connectivity index (χ1v) is 20.6. The Hall–Kier alpha value is -4.30. The van der Waals surface area contributed by atoms with Gasteiger partial charge < -0.3 is 44.6 Å². The van der Waals surface area contributed by atoms with Gasteiger partial charge >= 0.3 is 34.8 Å². The highest BCUT2D eigenvalue weighted by molar-refractivity contribution is 7.39. The summed E-state index contributed by atoms with van der Waals surface area (Å²) in [6.07, 6.45) is 3.44. The maximum absolute atomic E-state index is 14.7. The lowest BCUT2D eigenvalue weighted by atomic mass is 10.0. The number of esters is 1. The van der Waals surface area contributed by atoms with Crippen molar-refractivity contribution in [2.24, 2.45) is 0 Å². The van der Waals surface area contributed by atoms with Crippen LogP contribution in [-0.4, -0.2) is 99.2 Å². The second kappa shape index (κ2) is 22.7. The van der Waals surface area contributed by atoms with Crippen molar-refractivity contribution in [2.45, 2.75) is 95.0 Å². The summed E-state index contributed by atoms with van der Waals surface area (Å²) in [5.41, 5.74) is 0.273. The molecule has 1 fully saturated rings. The molecule has 0 bridgehead atoms. The number of aryl methyl sites for hydroxylation is 1. The summed E-state index contributed by atoms with van der Waals surface area (Å²) in [4.78, 5) is 66.4. The van der Waals surface area contributed by atoms with Gasteiger partial charge in [0.1, 0.15) is 11.9 Å². The van der Waals surface area contributed by atoms with Crippen molar-refractivity contribution in [2.75, 3.05) is 13.1 Å². The molecule has 0 spiro atoms. The van der Waals surface area contributed by atoms with Crippen LogP contribution in [0.2, 0.25) is 0 Å². The van der Waals surface area contributed by atoms with Crippen LogP contribution in [0.15, 0.2) is 66.7 Å². The molecule has 3 aromatic rings. The summed E-state index contributed by atoms with van der Waals surface area (Å²) in [5.74, 6) is -6.21. The highest BCUT2D eigenvalue weighted by atomic mass is 31.2. The van der Waals surface area contributed by atoms with Gasteiger partial charge in [0.15, 0.2) is 5.82 Å². The van der Waals surface area contributed by atoms with Crippen LogP contribution in [0.3, 0.4) is 0 Å². The number of benzene rings is 2. The first kappa shape index (κ1) is 46.4. The van der Waals surface area contributed by atoms with Crippen LogP contribution < -0.4 is 10.1 Å². The molecule has 4 rings (SSSR count). The lowest BCUT2D eigenvalue weighted by Crippen LogP contribution is -2.34. The van der Waals surface area contributed by atoms with E-state index in [4.69, 9.17) is 24.2 Å². The lowest BCUT2D eigenvalue weighted by molar-refractivity contribution is -0.279. The minimum Gasteiger partial charge on any atom is -0.440 e. The largest absolute Gasteiger partial charge is 0.440 e. The van der Waals surface area contributed by atoms with Gasteiger partial charge in [-0.3, -0.25) is 23.2 Å². The molecule has 4 atom stereocenters. The fraction of sp³-hybridized carbons (Fsp3) is 0.486. The normalized spacial score (nSPS) is 16.7. The predicted octanol–water partition coefficient (Wildman–Crippen LogP) is 3.36. The molecule has 0 aliphatic carbocycles. The number of hydrogen-bond acceptors (Lipinski definition) is 15. The molecule has 2 amide bonds. The molecule has 0 radical (unpaired) electrons. The van der Waals surface area contributed by atoms with Crippen LogP contribution in [0.25, 0.3) is 0 Å². The standard InChI is InChI=1S/C35H46F2N6O13P2/c36-35(37,26-9-4-3-5-10-26)29(44)18-14-27-15-19-31(45)42(27)22-7-2-1-6-11-30-39-41-43(40-30)24-53-32(46)23-25-12-16-28(17-13-25)54-33(47)38-21-8-20-34(48,55-57(49)50)56-58(51)52/h3-5,9-10,12-14,16-18,27,29,44,48-50,58H,1-2,6-8,11,15,19-24H2,(H,38,47)(H,51,52)/b18-14+/t27-,29+,34?/m0/s1. The summed E-state index contributed by atoms with van der Waals surface area (Å²) in [6.45, 7) is 0.104. The number of rotatable bonds is 24. The van der Waals surface area contributed by atoms with Gasteiger partial charge in [-0.1, -0.05) is 67.5 Å². The Morgan fingerprint density at radius 1 is 1.07 bits per heavy atom. The van der Waals surface area contributed by atoms with Crippen molar-refractivity contribution in [3.05, 3.63) is 83.7 Å². The molecular weight excluding hydrogens is 812 g/mol. The van der Waals surface area contributed by atoms with Crippen molar-refractivity contribution in [3.63, 3.8) is 0 Å². The summed E-state index contributed by atoms with van der Waals surface area (Å²) in [7, 11) is -6.79. The third kappa shape index (κ3) is 15.5. The van der Waals surface area contributed by atoms with Crippen molar-refractivity contribution in [3.8, 4) is 5.75 Å². The SMILES string of the molecule is O=C(Cc1ccc(OC(=O)NCCCC(O)(OP(O)O)O[PH](=O)O)cc1)OCn1nnc(CCCCCCN2C(=O)CC[C@@H]2/C=C/[C@@H](O)C(F)(F)c2ccccc2)n1. The zero-order valence-corrected chi connectivity index (χ0v) is 33.0. The third-order valence-corrected chi connectivity index (χ3v) is 9.64. The number of aliphatic hydroxyl groups excluding tert-OH is 1. The fourth-order valence-electron chi connectivity index (χ4n) is 5.83. The van der Waals surface area contributed by atoms with Crippen molar-refractivity contribution in [1.82, 2.24) is 30.4 Å². The van der Waals surface area contributed by atoms with E-state index in [2.05, 4.69) is 29.8 Å². The summed E-state index contributed by atoms with van der Waals surface area (Å²) in [5, 5.41) is 34.7. The molecule has 1 aliphatic heterocycles. The van der Waals surface area contributed by atoms with Crippen molar-refractivity contribution < 1.29 is 71.1 Å². The number of nitrogens with one attached hydrogen (secondary N) is 1. The Labute approximate surface area is 333 Å². The third-order valence-electron chi connectivity index (χ3n) is 8.70. The molecular formula is C35H46F2N6O13P2. The van der Waals surface area contributed by atoms with E-state index in [9.17, 15) is 37.9 Å². The monoisotopic (exact) mass is 858 g/mol. The molecule has 6 N–H and O–H groups in total. The van der Waals surface area contributed by atoms with Gasteiger partial charge in [0.2, 0.25) is 12.6 Å². The molecule has 23 heteroatoms. The highest BCUT2D eigenvalue weighted by Crippen LogP contribution is 2.39. The number of ether oxygens (including phenoxy) is 2. The zero-order valence-electron chi connectivity index (χ0n) is 31.1. The Morgan fingerprint density at radius 2 is 1.79 bits per heavy atom. The first-order chi connectivity index (χ1) is 27.6. The molecule has 1 aliphatic rings. The number of carbonyl (C=O) groups excluding carboxylic acids is 3. The number of unbranched alkanes of at least 4 members (excludes halogenated alkanes) is 3. The molecule has 1 aromatic heterocycles. The number of tetrazole rings is 1. The highest BCUT2D eigenvalue weighted by Gasteiger charge is 2.39. The molecule has 2 heterocycles. The van der Waals surface area contributed by atoms with Crippen LogP contribution in [0.5, 0.6) is 5.75 Å².